The third kappa shape index (κ3) is 3.43. The molecule has 1 aliphatic rings. The van der Waals surface area contributed by atoms with Gasteiger partial charge in [0.15, 0.2) is 0 Å². The maximum Gasteiger partial charge on any atom is 0.123 e. The molecule has 0 amide bonds. The van der Waals surface area contributed by atoms with Crippen molar-refractivity contribution in [3.63, 3.8) is 0 Å². The van der Waals surface area contributed by atoms with Gasteiger partial charge < -0.3 is 5.11 Å². The normalized spacial score (nSPS) is 24.5. The molecule has 0 spiro atoms. The molecule has 2 atom stereocenters. The van der Waals surface area contributed by atoms with E-state index in [1.807, 2.05) is 19.9 Å². The first kappa shape index (κ1) is 14.5. The van der Waals surface area contributed by atoms with Crippen molar-refractivity contribution in [1.82, 2.24) is 0 Å². The molecule has 3 heteroatoms. The number of aliphatic hydroxyl groups is 1. The summed E-state index contributed by atoms with van der Waals surface area (Å²) in [5.41, 5.74) is 0.467. The summed E-state index contributed by atoms with van der Waals surface area (Å²) in [5.74, 6) is 0.581. The maximum absolute atomic E-state index is 13.1. The predicted octanol–water partition coefficient (Wildman–Crippen LogP) is 3.90. The van der Waals surface area contributed by atoms with E-state index in [4.69, 9.17) is 0 Å². The average molecular weight is 259 g/mol. The molecule has 0 bridgehead atoms. The van der Waals surface area contributed by atoms with Crippen LogP contribution in [0.1, 0.15) is 44.6 Å². The summed E-state index contributed by atoms with van der Waals surface area (Å²) >= 11 is 0. The van der Waals surface area contributed by atoms with Crippen LogP contribution < -0.4 is 0 Å². The molecule has 1 nitrogen and oxygen atoms in total. The zero-order valence-electron chi connectivity index (χ0n) is 10.3. The molecule has 1 aromatic carbocycles. The van der Waals surface area contributed by atoms with Crippen molar-refractivity contribution in [2.45, 2.75) is 44.6 Å². The second kappa shape index (κ2) is 5.36. The van der Waals surface area contributed by atoms with Gasteiger partial charge in [0.2, 0.25) is 0 Å². The van der Waals surface area contributed by atoms with E-state index in [0.717, 1.165) is 24.8 Å². The van der Waals surface area contributed by atoms with Gasteiger partial charge in [0.1, 0.15) is 5.82 Å². The molecule has 96 valence electrons. The van der Waals surface area contributed by atoms with E-state index in [0.29, 0.717) is 11.8 Å². The minimum absolute atomic E-state index is 0. The quantitative estimate of drug-likeness (QED) is 0.853. The molecule has 1 N–H and O–H groups in total. The molecule has 0 heterocycles. The molecule has 1 fully saturated rings. The van der Waals surface area contributed by atoms with Crippen molar-refractivity contribution in [3.05, 3.63) is 35.6 Å². The third-order valence-electron chi connectivity index (χ3n) is 3.75. The first-order valence-corrected chi connectivity index (χ1v) is 5.94. The lowest BCUT2D eigenvalue weighted by Crippen LogP contribution is -2.28. The van der Waals surface area contributed by atoms with Gasteiger partial charge in [0.25, 0.3) is 0 Å². The highest BCUT2D eigenvalue weighted by Gasteiger charge is 2.35. The van der Waals surface area contributed by atoms with Gasteiger partial charge in [0, 0.05) is 0 Å². The molecule has 0 aromatic heterocycles. The van der Waals surface area contributed by atoms with Gasteiger partial charge in [-0.05, 0) is 62.6 Å². The van der Waals surface area contributed by atoms with Crippen LogP contribution in [0, 0.1) is 11.7 Å². The molecule has 0 radical (unpaired) electrons. The Kier molecular flexibility index (Phi) is 4.56. The van der Waals surface area contributed by atoms with Gasteiger partial charge >= 0.3 is 0 Å². The van der Waals surface area contributed by atoms with E-state index in [9.17, 15) is 9.50 Å². The van der Waals surface area contributed by atoms with Crippen molar-refractivity contribution in [3.8, 4) is 0 Å². The maximum atomic E-state index is 13.1. The van der Waals surface area contributed by atoms with E-state index in [2.05, 4.69) is 0 Å². The lowest BCUT2D eigenvalue weighted by atomic mass is 9.87. The van der Waals surface area contributed by atoms with Crippen LogP contribution in [0.5, 0.6) is 0 Å². The summed E-state index contributed by atoms with van der Waals surface area (Å²) in [4.78, 5) is 0. The molecule has 0 saturated heterocycles. The SMILES string of the molecule is CC(C)(O)[C@H]1CC[C@@H](c2cccc(F)c2)C1.Cl. The van der Waals surface area contributed by atoms with E-state index in [-0.39, 0.29) is 18.2 Å². The minimum atomic E-state index is -0.609. The van der Waals surface area contributed by atoms with Gasteiger partial charge in [-0.3, -0.25) is 0 Å². The summed E-state index contributed by atoms with van der Waals surface area (Å²) in [6.45, 7) is 3.73. The van der Waals surface area contributed by atoms with Crippen LogP contribution in [0.4, 0.5) is 4.39 Å². The smallest absolute Gasteiger partial charge is 0.123 e. The summed E-state index contributed by atoms with van der Waals surface area (Å²) in [5, 5.41) is 9.96. The van der Waals surface area contributed by atoms with Gasteiger partial charge in [-0.2, -0.15) is 0 Å². The van der Waals surface area contributed by atoms with E-state index >= 15 is 0 Å². The van der Waals surface area contributed by atoms with Gasteiger partial charge in [-0.25, -0.2) is 4.39 Å². The largest absolute Gasteiger partial charge is 0.390 e. The lowest BCUT2D eigenvalue weighted by Gasteiger charge is -2.25. The summed E-state index contributed by atoms with van der Waals surface area (Å²) in [6.07, 6.45) is 3.05. The fourth-order valence-corrected chi connectivity index (χ4v) is 2.69. The predicted molar refractivity (Wildman–Crippen MR) is 70.0 cm³/mol. The van der Waals surface area contributed by atoms with Crippen LogP contribution in [0.3, 0.4) is 0 Å². The zero-order chi connectivity index (χ0) is 11.8. The number of hydrogen-bond acceptors (Lipinski definition) is 1. The fourth-order valence-electron chi connectivity index (χ4n) is 2.69. The third-order valence-corrected chi connectivity index (χ3v) is 3.75. The Labute approximate surface area is 108 Å². The molecular weight excluding hydrogens is 239 g/mol. The Morgan fingerprint density at radius 1 is 1.29 bits per heavy atom. The van der Waals surface area contributed by atoms with Crippen molar-refractivity contribution in [2.24, 2.45) is 5.92 Å². The highest BCUT2D eigenvalue weighted by Crippen LogP contribution is 2.42. The standard InChI is InChI=1S/C14H19FO.ClH/c1-14(2,16)12-7-6-11(8-12)10-4-3-5-13(15)9-10;/h3-5,9,11-12,16H,6-8H2,1-2H3;1H/t11-,12+;/m1./s1. The molecule has 2 rings (SSSR count). The second-order valence-electron chi connectivity index (χ2n) is 5.42. The minimum Gasteiger partial charge on any atom is -0.390 e. The number of rotatable bonds is 2. The highest BCUT2D eigenvalue weighted by molar-refractivity contribution is 5.85. The van der Waals surface area contributed by atoms with Crippen molar-refractivity contribution >= 4 is 12.4 Å². The first-order chi connectivity index (χ1) is 7.47. The van der Waals surface area contributed by atoms with E-state index in [1.54, 1.807) is 12.1 Å². The fraction of sp³-hybridized carbons (Fsp3) is 0.571. The topological polar surface area (TPSA) is 20.2 Å². The van der Waals surface area contributed by atoms with Crippen molar-refractivity contribution in [1.29, 1.82) is 0 Å². The zero-order valence-corrected chi connectivity index (χ0v) is 11.1. The molecule has 1 aromatic rings. The monoisotopic (exact) mass is 258 g/mol. The van der Waals surface area contributed by atoms with Crippen LogP contribution in [0.2, 0.25) is 0 Å². The van der Waals surface area contributed by atoms with Crippen LogP contribution in [0.15, 0.2) is 24.3 Å². The molecule has 1 saturated carbocycles. The van der Waals surface area contributed by atoms with E-state index in [1.165, 1.54) is 6.07 Å². The lowest BCUT2D eigenvalue weighted by molar-refractivity contribution is 0.0194. The first-order valence-electron chi connectivity index (χ1n) is 5.94. The number of hydrogen-bond donors (Lipinski definition) is 1. The molecular formula is C14H20ClFO. The van der Waals surface area contributed by atoms with Crippen LogP contribution in [-0.2, 0) is 0 Å². The molecule has 1 aliphatic carbocycles. The number of benzene rings is 1. The highest BCUT2D eigenvalue weighted by atomic mass is 35.5. The Hall–Kier alpha value is -0.600. The Balaban J connectivity index is 0.00000144. The Morgan fingerprint density at radius 3 is 2.53 bits per heavy atom. The molecule has 17 heavy (non-hydrogen) atoms. The van der Waals surface area contributed by atoms with Gasteiger partial charge in [-0.15, -0.1) is 12.4 Å². The van der Waals surface area contributed by atoms with E-state index < -0.39 is 5.60 Å². The Morgan fingerprint density at radius 2 is 2.00 bits per heavy atom. The summed E-state index contributed by atoms with van der Waals surface area (Å²) < 4.78 is 13.1. The summed E-state index contributed by atoms with van der Waals surface area (Å²) in [7, 11) is 0. The van der Waals surface area contributed by atoms with Crippen LogP contribution >= 0.6 is 12.4 Å². The number of halogens is 2. The summed E-state index contributed by atoms with van der Waals surface area (Å²) in [6, 6.07) is 6.85. The van der Waals surface area contributed by atoms with Crippen molar-refractivity contribution in [2.75, 3.05) is 0 Å². The molecule has 0 unspecified atom stereocenters. The van der Waals surface area contributed by atoms with Crippen molar-refractivity contribution < 1.29 is 9.50 Å². The van der Waals surface area contributed by atoms with Crippen LogP contribution in [0.25, 0.3) is 0 Å². The Bertz CT molecular complexity index is 373. The van der Waals surface area contributed by atoms with Crippen LogP contribution in [-0.4, -0.2) is 10.7 Å². The second-order valence-corrected chi connectivity index (χ2v) is 5.42. The average Bonchev–Trinajstić information content (AvgIpc) is 2.65. The van der Waals surface area contributed by atoms with Gasteiger partial charge in [0.05, 0.1) is 5.60 Å². The van der Waals surface area contributed by atoms with Gasteiger partial charge in [-0.1, -0.05) is 12.1 Å². The molecule has 0 aliphatic heterocycles.